The first-order valence-electron chi connectivity index (χ1n) is 6.44. The highest BCUT2D eigenvalue weighted by molar-refractivity contribution is 9.09. The first-order valence-corrected chi connectivity index (χ1v) is 7.35. The van der Waals surface area contributed by atoms with Gasteiger partial charge in [0.2, 0.25) is 0 Å². The van der Waals surface area contributed by atoms with Gasteiger partial charge in [-0.3, -0.25) is 4.79 Å². The predicted octanol–water partition coefficient (Wildman–Crippen LogP) is 2.88. The number of nitrogens with zero attached hydrogens (tertiary/aromatic N) is 1. The Balaban J connectivity index is 2.18. The van der Waals surface area contributed by atoms with Crippen molar-refractivity contribution in [2.75, 3.05) is 7.05 Å². The van der Waals surface area contributed by atoms with E-state index in [4.69, 9.17) is 0 Å². The van der Waals surface area contributed by atoms with Crippen LogP contribution in [0.5, 0.6) is 11.5 Å². The van der Waals surface area contributed by atoms with Gasteiger partial charge in [-0.15, -0.1) is 0 Å². The Kier molecular flexibility index (Phi) is 4.34. The summed E-state index contributed by atoms with van der Waals surface area (Å²) in [5.41, 5.74) is 0.227. The molecule has 1 aliphatic carbocycles. The lowest BCUT2D eigenvalue weighted by atomic mass is 9.94. The SMILES string of the molecule is CN(C(=O)c1ccc(O)cc1O)C1CCCCC1Br. The number of hydrogen-bond acceptors (Lipinski definition) is 3. The van der Waals surface area contributed by atoms with Crippen molar-refractivity contribution >= 4 is 21.8 Å². The number of carbonyl (C=O) groups excluding carboxylic acids is 1. The summed E-state index contributed by atoms with van der Waals surface area (Å²) in [5, 5.41) is 19.0. The molecule has 1 aromatic carbocycles. The van der Waals surface area contributed by atoms with E-state index in [0.717, 1.165) is 19.3 Å². The van der Waals surface area contributed by atoms with Crippen LogP contribution < -0.4 is 0 Å². The molecule has 1 saturated carbocycles. The van der Waals surface area contributed by atoms with Gasteiger partial charge in [-0.05, 0) is 25.0 Å². The summed E-state index contributed by atoms with van der Waals surface area (Å²) in [4.78, 5) is 14.4. The number of hydrogen-bond donors (Lipinski definition) is 2. The Morgan fingerprint density at radius 1 is 1.32 bits per heavy atom. The molecule has 104 valence electrons. The first-order chi connectivity index (χ1) is 9.00. The summed E-state index contributed by atoms with van der Waals surface area (Å²) < 4.78 is 0. The Labute approximate surface area is 121 Å². The highest BCUT2D eigenvalue weighted by atomic mass is 79.9. The quantitative estimate of drug-likeness (QED) is 0.821. The molecule has 0 bridgehead atoms. The predicted molar refractivity (Wildman–Crippen MR) is 76.8 cm³/mol. The monoisotopic (exact) mass is 327 g/mol. The minimum absolute atomic E-state index is 0.0484. The zero-order valence-electron chi connectivity index (χ0n) is 10.8. The smallest absolute Gasteiger partial charge is 0.257 e. The van der Waals surface area contributed by atoms with E-state index in [1.807, 2.05) is 0 Å². The van der Waals surface area contributed by atoms with Crippen molar-refractivity contribution in [2.45, 2.75) is 36.6 Å². The lowest BCUT2D eigenvalue weighted by Crippen LogP contribution is -2.44. The van der Waals surface area contributed by atoms with Crippen LogP contribution in [0, 0.1) is 0 Å². The minimum atomic E-state index is -0.214. The molecule has 4 nitrogen and oxygen atoms in total. The Morgan fingerprint density at radius 3 is 2.63 bits per heavy atom. The zero-order chi connectivity index (χ0) is 14.0. The van der Waals surface area contributed by atoms with E-state index in [2.05, 4.69) is 15.9 Å². The number of amides is 1. The normalized spacial score (nSPS) is 23.1. The number of benzene rings is 1. The molecule has 1 aliphatic rings. The van der Waals surface area contributed by atoms with E-state index < -0.39 is 0 Å². The second-order valence-electron chi connectivity index (χ2n) is 4.99. The van der Waals surface area contributed by atoms with E-state index >= 15 is 0 Å². The highest BCUT2D eigenvalue weighted by Gasteiger charge is 2.30. The maximum atomic E-state index is 12.4. The van der Waals surface area contributed by atoms with Crippen LogP contribution in [0.2, 0.25) is 0 Å². The van der Waals surface area contributed by atoms with Crippen LogP contribution in [-0.2, 0) is 0 Å². The number of phenols is 2. The number of phenolic OH excluding ortho intramolecular Hbond substituents is 2. The molecule has 2 rings (SSSR count). The lowest BCUT2D eigenvalue weighted by Gasteiger charge is -2.35. The standard InChI is InChI=1S/C14H18BrNO3/c1-16(12-5-3-2-4-11(12)15)14(19)10-7-6-9(17)8-13(10)18/h6-8,11-12,17-18H,2-5H2,1H3. The largest absolute Gasteiger partial charge is 0.508 e. The third-order valence-corrected chi connectivity index (χ3v) is 4.74. The molecule has 2 N–H and O–H groups in total. The molecule has 0 aromatic heterocycles. The van der Waals surface area contributed by atoms with Crippen LogP contribution in [0.3, 0.4) is 0 Å². The van der Waals surface area contributed by atoms with Gasteiger partial charge < -0.3 is 15.1 Å². The van der Waals surface area contributed by atoms with Crippen LogP contribution in [0.1, 0.15) is 36.0 Å². The van der Waals surface area contributed by atoms with Gasteiger partial charge in [0.05, 0.1) is 5.56 Å². The molecule has 2 unspecified atom stereocenters. The molecule has 0 spiro atoms. The van der Waals surface area contributed by atoms with Gasteiger partial charge >= 0.3 is 0 Å². The first kappa shape index (κ1) is 14.2. The molecule has 0 heterocycles. The molecule has 1 amide bonds. The van der Waals surface area contributed by atoms with E-state index in [-0.39, 0.29) is 29.0 Å². The third kappa shape index (κ3) is 3.03. The second kappa shape index (κ2) is 5.82. The van der Waals surface area contributed by atoms with Gasteiger partial charge in [0.1, 0.15) is 11.5 Å². The van der Waals surface area contributed by atoms with Crippen LogP contribution in [0.4, 0.5) is 0 Å². The van der Waals surface area contributed by atoms with Crippen molar-refractivity contribution in [3.8, 4) is 11.5 Å². The molecule has 19 heavy (non-hydrogen) atoms. The molecule has 0 saturated heterocycles. The Hall–Kier alpha value is -1.23. The topological polar surface area (TPSA) is 60.8 Å². The Morgan fingerprint density at radius 2 is 2.00 bits per heavy atom. The van der Waals surface area contributed by atoms with Crippen molar-refractivity contribution in [1.29, 1.82) is 0 Å². The summed E-state index contributed by atoms with van der Waals surface area (Å²) in [6.45, 7) is 0. The van der Waals surface area contributed by atoms with Gasteiger partial charge in [0, 0.05) is 24.0 Å². The zero-order valence-corrected chi connectivity index (χ0v) is 12.4. The molecular formula is C14H18BrNO3. The fourth-order valence-electron chi connectivity index (χ4n) is 2.54. The second-order valence-corrected chi connectivity index (χ2v) is 6.16. The van der Waals surface area contributed by atoms with E-state index in [1.165, 1.54) is 24.6 Å². The molecule has 0 radical (unpaired) electrons. The number of alkyl halides is 1. The van der Waals surface area contributed by atoms with Crippen molar-refractivity contribution in [2.24, 2.45) is 0 Å². The fourth-order valence-corrected chi connectivity index (χ4v) is 3.49. The summed E-state index contributed by atoms with van der Waals surface area (Å²) in [5.74, 6) is -0.444. The average molecular weight is 328 g/mol. The van der Waals surface area contributed by atoms with Crippen LogP contribution >= 0.6 is 15.9 Å². The van der Waals surface area contributed by atoms with E-state index in [9.17, 15) is 15.0 Å². The number of aromatic hydroxyl groups is 2. The van der Waals surface area contributed by atoms with Crippen molar-refractivity contribution in [3.63, 3.8) is 0 Å². The van der Waals surface area contributed by atoms with Crippen LogP contribution in [0.25, 0.3) is 0 Å². The summed E-state index contributed by atoms with van der Waals surface area (Å²) in [6, 6.07) is 4.20. The Bertz CT molecular complexity index is 478. The molecule has 1 fully saturated rings. The maximum absolute atomic E-state index is 12.4. The minimum Gasteiger partial charge on any atom is -0.508 e. The van der Waals surface area contributed by atoms with Gasteiger partial charge in [0.15, 0.2) is 0 Å². The summed E-state index contributed by atoms with van der Waals surface area (Å²) in [6.07, 6.45) is 4.33. The van der Waals surface area contributed by atoms with Gasteiger partial charge in [0.25, 0.3) is 5.91 Å². The van der Waals surface area contributed by atoms with Crippen molar-refractivity contribution in [1.82, 2.24) is 4.90 Å². The molecule has 5 heteroatoms. The van der Waals surface area contributed by atoms with Gasteiger partial charge in [-0.25, -0.2) is 0 Å². The number of carbonyl (C=O) groups is 1. The van der Waals surface area contributed by atoms with E-state index in [1.54, 1.807) is 11.9 Å². The molecule has 0 aliphatic heterocycles. The molecular weight excluding hydrogens is 310 g/mol. The van der Waals surface area contributed by atoms with Crippen LogP contribution in [-0.4, -0.2) is 38.9 Å². The van der Waals surface area contributed by atoms with Crippen LogP contribution in [0.15, 0.2) is 18.2 Å². The van der Waals surface area contributed by atoms with Gasteiger partial charge in [-0.2, -0.15) is 0 Å². The maximum Gasteiger partial charge on any atom is 0.257 e. The molecule has 1 aromatic rings. The number of rotatable bonds is 2. The average Bonchev–Trinajstić information content (AvgIpc) is 2.38. The highest BCUT2D eigenvalue weighted by Crippen LogP contribution is 2.30. The third-order valence-electron chi connectivity index (χ3n) is 3.68. The number of halogens is 1. The van der Waals surface area contributed by atoms with E-state index in [0.29, 0.717) is 4.83 Å². The summed E-state index contributed by atoms with van der Waals surface area (Å²) >= 11 is 3.63. The van der Waals surface area contributed by atoms with Crippen molar-refractivity contribution < 1.29 is 15.0 Å². The molecule has 2 atom stereocenters. The van der Waals surface area contributed by atoms with Crippen molar-refractivity contribution in [3.05, 3.63) is 23.8 Å². The lowest BCUT2D eigenvalue weighted by molar-refractivity contribution is 0.0701. The summed E-state index contributed by atoms with van der Waals surface area (Å²) in [7, 11) is 1.76. The fraction of sp³-hybridized carbons (Fsp3) is 0.500. The van der Waals surface area contributed by atoms with Gasteiger partial charge in [-0.1, -0.05) is 28.8 Å².